The van der Waals surface area contributed by atoms with E-state index in [0.717, 1.165) is 29.6 Å². The van der Waals surface area contributed by atoms with Crippen molar-refractivity contribution in [3.8, 4) is 0 Å². The van der Waals surface area contributed by atoms with Gasteiger partial charge in [-0.15, -0.1) is 0 Å². The fraction of sp³-hybridized carbons (Fsp3) is 0.875. The molecule has 0 aliphatic carbocycles. The highest BCUT2D eigenvalue weighted by atomic mass is 14.2. The van der Waals surface area contributed by atoms with Crippen molar-refractivity contribution >= 4 is 0 Å². The van der Waals surface area contributed by atoms with Crippen molar-refractivity contribution in [2.24, 2.45) is 35.0 Å². The molecule has 0 saturated carbocycles. The summed E-state index contributed by atoms with van der Waals surface area (Å²) >= 11 is 0. The molecule has 0 aliphatic heterocycles. The minimum Gasteiger partial charge on any atom is -0.0853 e. The predicted octanol–water partition coefficient (Wildman–Crippen LogP) is 14.4. The number of allylic oxidation sites excluding steroid dienone is 4. The molecule has 4 unspecified atom stereocenters. The lowest BCUT2D eigenvalue weighted by Gasteiger charge is -2.24. The van der Waals surface area contributed by atoms with Crippen LogP contribution in [-0.4, -0.2) is 0 Å². The predicted molar refractivity (Wildman–Crippen MR) is 186 cm³/mol. The molecule has 0 amide bonds. The second-order valence-electron chi connectivity index (χ2n) is 15.8. The maximum absolute atomic E-state index is 3.88. The first kappa shape index (κ1) is 39.5. The molecule has 0 heteroatoms. The van der Waals surface area contributed by atoms with Crippen molar-refractivity contribution < 1.29 is 0 Å². The van der Waals surface area contributed by atoms with Crippen molar-refractivity contribution in [1.29, 1.82) is 0 Å². The van der Waals surface area contributed by atoms with Crippen molar-refractivity contribution in [2.75, 3.05) is 0 Å². The van der Waals surface area contributed by atoms with E-state index in [4.69, 9.17) is 0 Å². The first-order valence-corrected chi connectivity index (χ1v) is 17.9. The highest BCUT2D eigenvalue weighted by Gasteiger charge is 2.17. The van der Waals surface area contributed by atoms with Gasteiger partial charge < -0.3 is 0 Å². The Morgan fingerprint density at radius 2 is 0.925 bits per heavy atom. The molecule has 0 fully saturated rings. The zero-order valence-electron chi connectivity index (χ0n) is 29.7. The van der Waals surface area contributed by atoms with E-state index < -0.39 is 0 Å². The van der Waals surface area contributed by atoms with Gasteiger partial charge in [0.15, 0.2) is 0 Å². The van der Waals surface area contributed by atoms with E-state index in [9.17, 15) is 0 Å². The van der Waals surface area contributed by atoms with E-state index in [0.29, 0.717) is 5.41 Å². The Balaban J connectivity index is 3.95. The third kappa shape index (κ3) is 25.2. The van der Waals surface area contributed by atoms with Crippen LogP contribution in [0.25, 0.3) is 0 Å². The molecular weight excluding hydrogens is 480 g/mol. The molecule has 0 aromatic carbocycles. The van der Waals surface area contributed by atoms with Gasteiger partial charge in [0.2, 0.25) is 0 Å². The topological polar surface area (TPSA) is 0 Å². The van der Waals surface area contributed by atoms with E-state index in [1.165, 1.54) is 128 Å². The molecule has 40 heavy (non-hydrogen) atoms. The fourth-order valence-electron chi connectivity index (χ4n) is 6.23. The van der Waals surface area contributed by atoms with Gasteiger partial charge in [0, 0.05) is 0 Å². The van der Waals surface area contributed by atoms with Crippen molar-refractivity contribution in [3.63, 3.8) is 0 Å². The summed E-state index contributed by atoms with van der Waals surface area (Å²) in [5, 5.41) is 0. The SMILES string of the molecule is [CH2]C=C(C)CCCC(C)CCCC(C)CCCC(C)(C)CC=C(C)CCCC(C)CCCC(C)CCCC(C)C. The summed E-state index contributed by atoms with van der Waals surface area (Å²) in [4.78, 5) is 0. The van der Waals surface area contributed by atoms with Crippen LogP contribution >= 0.6 is 0 Å². The van der Waals surface area contributed by atoms with Gasteiger partial charge in [0.05, 0.1) is 0 Å². The monoisotopic (exact) mass is 558 g/mol. The molecule has 0 nitrogen and oxygen atoms in total. The van der Waals surface area contributed by atoms with E-state index in [-0.39, 0.29) is 0 Å². The summed E-state index contributed by atoms with van der Waals surface area (Å²) < 4.78 is 0. The third-order valence-corrected chi connectivity index (χ3v) is 9.70. The van der Waals surface area contributed by atoms with E-state index in [2.05, 4.69) is 82.2 Å². The Kier molecular flexibility index (Phi) is 23.7. The lowest BCUT2D eigenvalue weighted by Crippen LogP contribution is -2.11. The maximum atomic E-state index is 3.88. The first-order chi connectivity index (χ1) is 18.8. The van der Waals surface area contributed by atoms with Gasteiger partial charge in [-0.05, 0) is 94.3 Å². The van der Waals surface area contributed by atoms with Crippen molar-refractivity contribution in [2.45, 2.75) is 191 Å². The molecule has 0 aliphatic rings. The highest BCUT2D eigenvalue weighted by molar-refractivity contribution is 5.00. The van der Waals surface area contributed by atoms with Crippen LogP contribution in [0, 0.1) is 41.9 Å². The van der Waals surface area contributed by atoms with Crippen LogP contribution < -0.4 is 0 Å². The van der Waals surface area contributed by atoms with Crippen molar-refractivity contribution in [1.82, 2.24) is 0 Å². The smallest absolute Gasteiger partial charge is 0.0296 e. The van der Waals surface area contributed by atoms with Crippen LogP contribution in [0.2, 0.25) is 0 Å². The van der Waals surface area contributed by atoms with E-state index in [1.807, 2.05) is 6.08 Å². The van der Waals surface area contributed by atoms with Gasteiger partial charge in [0.25, 0.3) is 0 Å². The summed E-state index contributed by atoms with van der Waals surface area (Å²) in [6.07, 6.45) is 30.8. The molecule has 237 valence electrons. The van der Waals surface area contributed by atoms with Gasteiger partial charge in [-0.25, -0.2) is 0 Å². The molecule has 0 bridgehead atoms. The molecule has 0 N–H and O–H groups in total. The van der Waals surface area contributed by atoms with Crippen LogP contribution in [0.5, 0.6) is 0 Å². The van der Waals surface area contributed by atoms with Crippen LogP contribution in [0.15, 0.2) is 23.3 Å². The lowest BCUT2D eigenvalue weighted by atomic mass is 9.81. The highest BCUT2D eigenvalue weighted by Crippen LogP contribution is 2.31. The summed E-state index contributed by atoms with van der Waals surface area (Å²) in [5.41, 5.74) is 3.51. The van der Waals surface area contributed by atoms with Gasteiger partial charge >= 0.3 is 0 Å². The lowest BCUT2D eigenvalue weighted by molar-refractivity contribution is 0.306. The minimum absolute atomic E-state index is 0.440. The normalized spacial score (nSPS) is 16.4. The Hall–Kier alpha value is -0.520. The van der Waals surface area contributed by atoms with Gasteiger partial charge in [-0.1, -0.05) is 162 Å². The standard InChI is InChI=1S/C40H77/c1-12-34(4)20-14-22-36(6)25-16-27-38(8)29-18-31-40(10,11)32-30-39(9)28-17-26-37(7)24-15-23-35(5)21-13-19-33(2)3/h12,30,33,35-38H,1,13-29,31-32H2,2-11H3. The fourth-order valence-corrected chi connectivity index (χ4v) is 6.23. The summed E-state index contributed by atoms with van der Waals surface area (Å²) in [6.45, 7) is 28.0. The third-order valence-electron chi connectivity index (χ3n) is 9.70. The molecule has 0 spiro atoms. The molecule has 0 aromatic rings. The second-order valence-corrected chi connectivity index (χ2v) is 15.8. The Morgan fingerprint density at radius 3 is 1.35 bits per heavy atom. The number of hydrogen-bond donors (Lipinski definition) is 0. The summed E-state index contributed by atoms with van der Waals surface area (Å²) in [6, 6.07) is 0. The zero-order chi connectivity index (χ0) is 30.4. The van der Waals surface area contributed by atoms with Gasteiger partial charge in [-0.2, -0.15) is 0 Å². The Labute approximate surface area is 256 Å². The molecular formula is C40H77. The summed E-state index contributed by atoms with van der Waals surface area (Å²) in [7, 11) is 0. The Bertz CT molecular complexity index is 632. The molecule has 4 atom stereocenters. The number of rotatable bonds is 26. The minimum atomic E-state index is 0.440. The van der Waals surface area contributed by atoms with Gasteiger partial charge in [0.1, 0.15) is 0 Å². The zero-order valence-corrected chi connectivity index (χ0v) is 29.7. The quantitative estimate of drug-likeness (QED) is 0.0927. The molecule has 0 rings (SSSR count). The summed E-state index contributed by atoms with van der Waals surface area (Å²) in [5.74, 6) is 4.43. The molecule has 1 radical (unpaired) electrons. The maximum Gasteiger partial charge on any atom is -0.0296 e. The first-order valence-electron chi connectivity index (χ1n) is 17.9. The van der Waals surface area contributed by atoms with Crippen LogP contribution in [0.4, 0.5) is 0 Å². The second kappa shape index (κ2) is 24.0. The van der Waals surface area contributed by atoms with Crippen molar-refractivity contribution in [3.05, 3.63) is 30.2 Å². The number of hydrogen-bond acceptors (Lipinski definition) is 0. The van der Waals surface area contributed by atoms with Crippen LogP contribution in [0.1, 0.15) is 191 Å². The average Bonchev–Trinajstić information content (AvgIpc) is 2.87. The largest absolute Gasteiger partial charge is 0.0853 e. The molecule has 0 saturated heterocycles. The Morgan fingerprint density at radius 1 is 0.550 bits per heavy atom. The molecule has 0 aromatic heterocycles. The van der Waals surface area contributed by atoms with E-state index >= 15 is 0 Å². The average molecular weight is 558 g/mol. The van der Waals surface area contributed by atoms with Gasteiger partial charge in [-0.3, -0.25) is 0 Å². The van der Waals surface area contributed by atoms with Crippen LogP contribution in [0.3, 0.4) is 0 Å². The van der Waals surface area contributed by atoms with Crippen LogP contribution in [-0.2, 0) is 0 Å². The van der Waals surface area contributed by atoms with E-state index in [1.54, 1.807) is 5.57 Å². The molecule has 0 heterocycles.